The lowest BCUT2D eigenvalue weighted by molar-refractivity contribution is -0.151. The molecule has 1 fully saturated rings. The lowest BCUT2D eigenvalue weighted by Gasteiger charge is -2.33. The first-order chi connectivity index (χ1) is 27.5. The second kappa shape index (κ2) is 31.6. The van der Waals surface area contributed by atoms with Gasteiger partial charge in [0, 0.05) is 41.8 Å². The molecule has 1 saturated heterocycles. The molecule has 1 rings (SSSR count). The van der Waals surface area contributed by atoms with Crippen LogP contribution in [0.2, 0.25) is 0 Å². The molecule has 1 aliphatic rings. The average Bonchev–Trinajstić information content (AvgIpc) is 3.15. The third-order valence-electron chi connectivity index (χ3n) is 11.7. The molecule has 0 aromatic carbocycles. The van der Waals surface area contributed by atoms with Gasteiger partial charge in [-0.15, -0.1) is 0 Å². The second-order valence-corrected chi connectivity index (χ2v) is 21.8. The molecule has 0 aliphatic carbocycles. The fraction of sp³-hybridized carbons (Fsp3) is 0.918. The Morgan fingerprint density at radius 3 is 1.38 bits per heavy atom. The molecule has 1 aliphatic heterocycles. The number of carbonyl (C=O) groups excluding carboxylic acids is 4. The van der Waals surface area contributed by atoms with Crippen LogP contribution in [0.4, 0.5) is 4.79 Å². The Labute approximate surface area is 366 Å². The van der Waals surface area contributed by atoms with Crippen molar-refractivity contribution >= 4 is 45.8 Å². The number of amides is 1. The van der Waals surface area contributed by atoms with Crippen LogP contribution in [0, 0.1) is 16.7 Å². The Morgan fingerprint density at radius 2 is 0.966 bits per heavy atom. The molecule has 1 heterocycles. The Kier molecular flexibility index (Phi) is 29.9. The van der Waals surface area contributed by atoms with Crippen LogP contribution in [0.3, 0.4) is 0 Å². The third-order valence-corrected chi connectivity index (χ3v) is 14.4. The minimum Gasteiger partial charge on any atom is -0.462 e. The van der Waals surface area contributed by atoms with Crippen LogP contribution in [0.1, 0.15) is 236 Å². The van der Waals surface area contributed by atoms with Crippen LogP contribution in [0.5, 0.6) is 0 Å². The Morgan fingerprint density at radius 1 is 0.569 bits per heavy atom. The molecule has 7 nitrogen and oxygen atoms in total. The minimum atomic E-state index is -0.522. The molecule has 1 amide bonds. The van der Waals surface area contributed by atoms with E-state index in [0.29, 0.717) is 29.7 Å². The van der Waals surface area contributed by atoms with Crippen LogP contribution in [0.25, 0.3) is 0 Å². The predicted octanol–water partition coefficient (Wildman–Crippen LogP) is 14.9. The molecular weight excluding hydrogens is 763 g/mol. The van der Waals surface area contributed by atoms with Crippen molar-refractivity contribution in [2.24, 2.45) is 16.7 Å². The van der Waals surface area contributed by atoms with Crippen molar-refractivity contribution in [3.05, 3.63) is 0 Å². The zero-order chi connectivity index (χ0) is 43.3. The molecule has 58 heavy (non-hydrogen) atoms. The average molecular weight is 854 g/mol. The highest BCUT2D eigenvalue weighted by atomic mass is 32.2. The predicted molar refractivity (Wildman–Crippen MR) is 250 cm³/mol. The summed E-state index contributed by atoms with van der Waals surface area (Å²) >= 11 is 3.05. The zero-order valence-corrected chi connectivity index (χ0v) is 40.9. The fourth-order valence-corrected chi connectivity index (χ4v) is 9.71. The van der Waals surface area contributed by atoms with E-state index >= 15 is 0 Å². The smallest absolute Gasteiger partial charge is 0.410 e. The number of thioether (sulfide) groups is 2. The molecule has 0 aromatic rings. The fourth-order valence-electron chi connectivity index (χ4n) is 7.65. The van der Waals surface area contributed by atoms with E-state index in [9.17, 15) is 19.2 Å². The monoisotopic (exact) mass is 854 g/mol. The highest BCUT2D eigenvalue weighted by molar-refractivity contribution is 8.14. The molecule has 0 unspecified atom stereocenters. The van der Waals surface area contributed by atoms with E-state index < -0.39 is 5.60 Å². The van der Waals surface area contributed by atoms with E-state index in [4.69, 9.17) is 9.47 Å². The molecule has 0 atom stereocenters. The summed E-state index contributed by atoms with van der Waals surface area (Å²) in [6.07, 6.45) is 28.7. The number of unbranched alkanes of at least 4 members (excludes halogenated alkanes) is 16. The van der Waals surface area contributed by atoms with E-state index in [0.717, 1.165) is 101 Å². The third kappa shape index (κ3) is 27.6. The van der Waals surface area contributed by atoms with Crippen molar-refractivity contribution in [3.63, 3.8) is 0 Å². The van der Waals surface area contributed by atoms with Crippen molar-refractivity contribution in [1.82, 2.24) is 4.90 Å². The van der Waals surface area contributed by atoms with E-state index in [1.165, 1.54) is 101 Å². The van der Waals surface area contributed by atoms with Gasteiger partial charge in [-0.3, -0.25) is 14.4 Å². The summed E-state index contributed by atoms with van der Waals surface area (Å²) < 4.78 is 11.7. The highest BCUT2D eigenvalue weighted by Crippen LogP contribution is 2.33. The Bertz CT molecular complexity index is 1060. The number of carbonyl (C=O) groups is 4. The van der Waals surface area contributed by atoms with Crippen molar-refractivity contribution in [1.29, 1.82) is 0 Å². The van der Waals surface area contributed by atoms with E-state index in [-0.39, 0.29) is 34.9 Å². The molecule has 0 bridgehead atoms. The van der Waals surface area contributed by atoms with Gasteiger partial charge >= 0.3 is 12.1 Å². The van der Waals surface area contributed by atoms with Crippen LogP contribution >= 0.6 is 23.5 Å². The quantitative estimate of drug-likeness (QED) is 0.0476. The van der Waals surface area contributed by atoms with Gasteiger partial charge in [-0.05, 0) is 90.9 Å². The first-order valence-corrected chi connectivity index (χ1v) is 26.0. The minimum absolute atomic E-state index is 0.117. The Balaban J connectivity index is 2.56. The Hall–Kier alpha value is -1.22. The summed E-state index contributed by atoms with van der Waals surface area (Å²) in [7, 11) is 0. The first kappa shape index (κ1) is 54.8. The van der Waals surface area contributed by atoms with Crippen molar-refractivity contribution in [2.45, 2.75) is 247 Å². The van der Waals surface area contributed by atoms with Gasteiger partial charge in [-0.1, -0.05) is 168 Å². The van der Waals surface area contributed by atoms with Gasteiger partial charge in [0.1, 0.15) is 11.7 Å². The lowest BCUT2D eigenvalue weighted by atomic mass is 9.87. The molecule has 0 aromatic heterocycles. The summed E-state index contributed by atoms with van der Waals surface area (Å²) in [6, 6.07) is 0. The summed E-state index contributed by atoms with van der Waals surface area (Å²) in [5.41, 5.74) is -1.16. The molecular formula is C49H91NO6S2. The molecule has 0 spiro atoms. The normalized spacial score (nSPS) is 14.3. The van der Waals surface area contributed by atoms with E-state index in [1.54, 1.807) is 4.90 Å². The van der Waals surface area contributed by atoms with Gasteiger partial charge in [0.05, 0.1) is 0 Å². The molecule has 0 N–H and O–H groups in total. The number of likely N-dealkylation sites (tertiary alicyclic amines) is 1. The maximum atomic E-state index is 13.3. The van der Waals surface area contributed by atoms with Gasteiger partial charge in [0.2, 0.25) is 0 Å². The van der Waals surface area contributed by atoms with Crippen molar-refractivity contribution < 1.29 is 28.7 Å². The van der Waals surface area contributed by atoms with Gasteiger partial charge in [-0.2, -0.15) is 0 Å². The topological polar surface area (TPSA) is 90.0 Å². The number of esters is 1. The van der Waals surface area contributed by atoms with E-state index in [2.05, 4.69) is 41.5 Å². The SMILES string of the molecule is CCCCCCCCCSC(=O)C(C)(C)CCCCCC(CCCCCC(C)(C)C(=O)SCCCCCCCCC)OC(=O)CC1CCN(C(=O)OC(C)(C)C)CC1. The van der Waals surface area contributed by atoms with E-state index in [1.807, 2.05) is 20.8 Å². The highest BCUT2D eigenvalue weighted by Gasteiger charge is 2.30. The van der Waals surface area contributed by atoms with Crippen LogP contribution in [-0.4, -0.2) is 63.5 Å². The van der Waals surface area contributed by atoms with Gasteiger partial charge in [0.25, 0.3) is 0 Å². The number of hydrogen-bond acceptors (Lipinski definition) is 8. The largest absolute Gasteiger partial charge is 0.462 e. The first-order valence-electron chi connectivity index (χ1n) is 24.0. The molecule has 0 saturated carbocycles. The van der Waals surface area contributed by atoms with Crippen LogP contribution in [-0.2, 0) is 23.9 Å². The maximum absolute atomic E-state index is 13.3. The summed E-state index contributed by atoms with van der Waals surface area (Å²) in [4.78, 5) is 53.6. The molecule has 0 radical (unpaired) electrons. The van der Waals surface area contributed by atoms with Crippen molar-refractivity contribution in [3.8, 4) is 0 Å². The molecule has 9 heteroatoms. The van der Waals surface area contributed by atoms with Gasteiger partial charge in [0.15, 0.2) is 10.2 Å². The zero-order valence-electron chi connectivity index (χ0n) is 39.3. The number of hydrogen-bond donors (Lipinski definition) is 0. The molecule has 340 valence electrons. The van der Waals surface area contributed by atoms with Crippen LogP contribution in [0.15, 0.2) is 0 Å². The lowest BCUT2D eigenvalue weighted by Crippen LogP contribution is -2.42. The van der Waals surface area contributed by atoms with Crippen molar-refractivity contribution in [2.75, 3.05) is 24.6 Å². The van der Waals surface area contributed by atoms with Gasteiger partial charge in [-0.25, -0.2) is 4.79 Å². The van der Waals surface area contributed by atoms with Crippen LogP contribution < -0.4 is 0 Å². The number of rotatable bonds is 33. The van der Waals surface area contributed by atoms with Gasteiger partial charge < -0.3 is 14.4 Å². The summed E-state index contributed by atoms with van der Waals surface area (Å²) in [5.74, 6) is 1.93. The summed E-state index contributed by atoms with van der Waals surface area (Å²) in [5, 5.41) is 0.637. The maximum Gasteiger partial charge on any atom is 0.410 e. The number of piperidine rings is 1. The standard InChI is InChI=1S/C49H91NO6S2/c1-10-12-14-16-18-20-28-38-57-44(52)48(6,7)34-26-22-24-30-42(55-43(51)40-41-32-36-50(37-33-41)46(54)56-47(3,4)5)31-25-23-27-35-49(8,9)45(53)58-39-29-21-19-17-15-13-11-2/h41-42H,10-40H2,1-9H3. The number of ether oxygens (including phenoxy) is 2. The summed E-state index contributed by atoms with van der Waals surface area (Å²) in [6.45, 7) is 19.7. The second-order valence-electron chi connectivity index (χ2n) is 19.7. The number of nitrogens with zero attached hydrogens (tertiary/aromatic N) is 1.